The number of benzene rings is 4. The van der Waals surface area contributed by atoms with Crippen LogP contribution in [0.3, 0.4) is 0 Å². The molecule has 6 heteroatoms. The van der Waals surface area contributed by atoms with Crippen LogP contribution < -0.4 is 15.9 Å². The molecule has 0 amide bonds. The molecule has 0 spiro atoms. The van der Waals surface area contributed by atoms with E-state index in [1.807, 2.05) is 0 Å². The number of hydrogen-bond acceptors (Lipinski definition) is 0. The minimum Gasteiger partial charge on any atom is -0.165 e. The second-order valence-corrected chi connectivity index (χ2v) is 9.73. The van der Waals surface area contributed by atoms with Gasteiger partial charge in [0.25, 0.3) is 0 Å². The van der Waals surface area contributed by atoms with Gasteiger partial charge >= 0.3 is 22.4 Å². The first-order valence-electron chi connectivity index (χ1n) is 8.74. The van der Waals surface area contributed by atoms with Gasteiger partial charge in [-0.2, -0.15) is 23.2 Å². The molecule has 0 saturated heterocycles. The molecule has 0 atom stereocenters. The smallest absolute Gasteiger partial charge is 0.165 e. The Labute approximate surface area is 214 Å². The van der Waals surface area contributed by atoms with Gasteiger partial charge in [-0.05, 0) is 23.8 Å². The molecule has 0 bridgehead atoms. The van der Waals surface area contributed by atoms with Crippen molar-refractivity contribution in [3.63, 3.8) is 0 Å². The van der Waals surface area contributed by atoms with E-state index in [2.05, 4.69) is 97.1 Å². The van der Waals surface area contributed by atoms with E-state index in [1.54, 1.807) is 0 Å². The third kappa shape index (κ3) is 7.13. The molecule has 0 nitrogen and oxygen atoms in total. The summed E-state index contributed by atoms with van der Waals surface area (Å²) in [6.07, 6.45) is 0. The molecule has 4 aromatic carbocycles. The largest absolute Gasteiger partial charge is 1.00 e. The van der Waals surface area contributed by atoms with Crippen molar-refractivity contribution in [2.45, 2.75) is 0 Å². The predicted molar refractivity (Wildman–Crippen MR) is 130 cm³/mol. The van der Waals surface area contributed by atoms with Crippen molar-refractivity contribution >= 4 is 70.2 Å². The van der Waals surface area contributed by atoms with Crippen molar-refractivity contribution in [1.82, 2.24) is 0 Å². The van der Waals surface area contributed by atoms with Gasteiger partial charge in [-0.15, -0.1) is 35.3 Å². The fraction of sp³-hybridized carbons (Fsp3) is 0. The minimum absolute atomic E-state index is 0. The first kappa shape index (κ1) is 25.5. The van der Waals surface area contributed by atoms with Crippen LogP contribution in [0, 0.1) is 6.07 Å². The van der Waals surface area contributed by atoms with E-state index in [1.165, 1.54) is 22.0 Å². The van der Waals surface area contributed by atoms with Gasteiger partial charge in [-0.25, -0.2) is 0 Å². The zero-order valence-corrected chi connectivity index (χ0v) is 21.6. The number of hydrogen-bond donors (Lipinski definition) is 0. The zero-order chi connectivity index (χ0) is 20.6. The van der Waals surface area contributed by atoms with Gasteiger partial charge in [0.2, 0.25) is 0 Å². The molecule has 0 aliphatic carbocycles. The molecule has 0 saturated carbocycles. The average Bonchev–Trinajstić information content (AvgIpc) is 2.75. The minimum atomic E-state index is -0.446. The summed E-state index contributed by atoms with van der Waals surface area (Å²) in [5, 5.41) is 5.49. The molecule has 4 rings (SSSR count). The summed E-state index contributed by atoms with van der Waals surface area (Å²) >= 11 is 22.3. The molecule has 0 aliphatic heterocycles. The second-order valence-electron chi connectivity index (χ2n) is 5.94. The molecule has 30 heavy (non-hydrogen) atoms. The summed E-state index contributed by atoms with van der Waals surface area (Å²) < 4.78 is 0. The Morgan fingerprint density at radius 3 is 1.07 bits per heavy atom. The Hall–Kier alpha value is -0.790. The molecule has 0 fully saturated rings. The summed E-state index contributed by atoms with van der Waals surface area (Å²) in [5.41, 5.74) is 0. The van der Waals surface area contributed by atoms with E-state index in [4.69, 9.17) is 46.4 Å². The van der Waals surface area contributed by atoms with Crippen molar-refractivity contribution in [3.8, 4) is 0 Å². The Kier molecular flexibility index (Phi) is 11.0. The first-order chi connectivity index (χ1) is 14.1. The van der Waals surface area contributed by atoms with Crippen LogP contribution in [0.1, 0.15) is 0 Å². The number of rotatable bonds is 3. The van der Waals surface area contributed by atoms with E-state index in [0.29, 0.717) is 10.0 Å². The zero-order valence-electron chi connectivity index (χ0n) is 15.5. The fourth-order valence-corrected chi connectivity index (χ4v) is 5.65. The van der Waals surface area contributed by atoms with Crippen LogP contribution in [0.4, 0.5) is 0 Å². The van der Waals surface area contributed by atoms with Crippen molar-refractivity contribution < 1.29 is 22.4 Å². The van der Waals surface area contributed by atoms with Crippen LogP contribution in [-0.4, -0.2) is 0 Å². The van der Waals surface area contributed by atoms with Crippen LogP contribution in [0.5, 0.6) is 0 Å². The SMILES string of the molecule is Clc1[c-]c(Cl)c(Cl)cc1Cl.[Au+].c1ccc(P(c2ccccc2)c2ccccc2)cc1. The van der Waals surface area contributed by atoms with Gasteiger partial charge in [0.05, 0.1) is 0 Å². The maximum atomic E-state index is 5.58. The maximum absolute atomic E-state index is 5.58. The Balaban J connectivity index is 0.000000249. The molecule has 0 unspecified atom stereocenters. The predicted octanol–water partition coefficient (Wildman–Crippen LogP) is 7.54. The van der Waals surface area contributed by atoms with Gasteiger partial charge < -0.3 is 0 Å². The molecule has 4 aromatic rings. The monoisotopic (exact) mass is 672 g/mol. The number of halogens is 4. The van der Waals surface area contributed by atoms with Gasteiger partial charge in [0.15, 0.2) is 0 Å². The molecule has 0 heterocycles. The maximum Gasteiger partial charge on any atom is 1.00 e. The molecule has 156 valence electrons. The van der Waals surface area contributed by atoms with Crippen molar-refractivity contribution in [3.05, 3.63) is 123 Å². The third-order valence-corrected chi connectivity index (χ3v) is 7.76. The van der Waals surface area contributed by atoms with Crippen LogP contribution >= 0.6 is 54.3 Å². The van der Waals surface area contributed by atoms with Crippen LogP contribution in [-0.2, 0) is 22.4 Å². The summed E-state index contributed by atoms with van der Waals surface area (Å²) in [6, 6.07) is 36.4. The topological polar surface area (TPSA) is 0 Å². The van der Waals surface area contributed by atoms with E-state index >= 15 is 0 Å². The van der Waals surface area contributed by atoms with E-state index in [9.17, 15) is 0 Å². The summed E-state index contributed by atoms with van der Waals surface area (Å²) in [4.78, 5) is 0. The summed E-state index contributed by atoms with van der Waals surface area (Å²) in [5.74, 6) is 0. The quantitative estimate of drug-likeness (QED) is 0.0913. The Morgan fingerprint density at radius 2 is 0.800 bits per heavy atom. The van der Waals surface area contributed by atoms with E-state index in [0.717, 1.165) is 0 Å². The molecule has 0 radical (unpaired) electrons. The fourth-order valence-electron chi connectivity index (χ4n) is 2.63. The van der Waals surface area contributed by atoms with Gasteiger partial charge in [-0.1, -0.05) is 111 Å². The van der Waals surface area contributed by atoms with Crippen LogP contribution in [0.25, 0.3) is 0 Å². The van der Waals surface area contributed by atoms with E-state index in [-0.39, 0.29) is 32.4 Å². The van der Waals surface area contributed by atoms with Crippen molar-refractivity contribution in [2.24, 2.45) is 0 Å². The standard InChI is InChI=1S/C18H15P.C6HCl4.Au/c1-4-10-16(11-5-1)19(17-12-6-2-7-13-17)18-14-8-3-9-15-18;7-3-1-4(8)6(10)2-5(3)9;/h1-15H;1H;/q;-1;+1. The molecule has 0 aliphatic rings. The Bertz CT molecular complexity index is 901. The van der Waals surface area contributed by atoms with Gasteiger partial charge in [0, 0.05) is 0 Å². The normalized spacial score (nSPS) is 10.0. The Morgan fingerprint density at radius 1 is 0.500 bits per heavy atom. The van der Waals surface area contributed by atoms with E-state index < -0.39 is 7.92 Å². The van der Waals surface area contributed by atoms with Crippen LogP contribution in [0.15, 0.2) is 97.1 Å². The van der Waals surface area contributed by atoms with Gasteiger partial charge in [-0.3, -0.25) is 0 Å². The average molecular weight is 674 g/mol. The summed E-state index contributed by atoms with van der Waals surface area (Å²) in [6.45, 7) is 0. The van der Waals surface area contributed by atoms with Crippen molar-refractivity contribution in [2.75, 3.05) is 0 Å². The molecule has 0 aromatic heterocycles. The second kappa shape index (κ2) is 12.9. The third-order valence-electron chi connectivity index (χ3n) is 3.94. The molecule has 0 N–H and O–H groups in total. The molecular formula is C24H16AuCl4P. The first-order valence-corrected chi connectivity index (χ1v) is 11.6. The molecular weight excluding hydrogens is 658 g/mol. The van der Waals surface area contributed by atoms with Gasteiger partial charge in [0.1, 0.15) is 0 Å². The van der Waals surface area contributed by atoms with Crippen LogP contribution in [0.2, 0.25) is 20.1 Å². The summed E-state index contributed by atoms with van der Waals surface area (Å²) in [7, 11) is -0.446. The van der Waals surface area contributed by atoms with Crippen molar-refractivity contribution in [1.29, 1.82) is 0 Å².